The molecule has 72 valence electrons. The van der Waals surface area contributed by atoms with Crippen molar-refractivity contribution in [2.45, 2.75) is 51.2 Å². The van der Waals surface area contributed by atoms with Gasteiger partial charge in [0.05, 0.1) is 11.7 Å². The molecule has 0 radical (unpaired) electrons. The van der Waals surface area contributed by atoms with Crippen molar-refractivity contribution in [3.63, 3.8) is 0 Å². The Morgan fingerprint density at radius 2 is 2.08 bits per heavy atom. The second-order valence-corrected chi connectivity index (χ2v) is 4.42. The summed E-state index contributed by atoms with van der Waals surface area (Å²) >= 11 is 0. The molecule has 1 saturated carbocycles. The quantitative estimate of drug-likeness (QED) is 0.702. The van der Waals surface area contributed by atoms with Gasteiger partial charge in [-0.25, -0.2) is 0 Å². The van der Waals surface area contributed by atoms with Crippen molar-refractivity contribution in [2.75, 3.05) is 7.11 Å². The summed E-state index contributed by atoms with van der Waals surface area (Å²) in [6.45, 7) is 4.38. The summed E-state index contributed by atoms with van der Waals surface area (Å²) in [4.78, 5) is 0. The highest BCUT2D eigenvalue weighted by atomic mass is 16.5. The van der Waals surface area contributed by atoms with Crippen LogP contribution in [0, 0.1) is 5.92 Å². The molecule has 1 rings (SSSR count). The van der Waals surface area contributed by atoms with Crippen molar-refractivity contribution in [2.24, 2.45) is 5.92 Å². The molecule has 1 N–H and O–H groups in total. The zero-order valence-electron chi connectivity index (χ0n) is 8.34. The Kier molecular flexibility index (Phi) is 3.13. The van der Waals surface area contributed by atoms with Crippen LogP contribution in [0.15, 0.2) is 0 Å². The maximum absolute atomic E-state index is 9.88. The lowest BCUT2D eigenvalue weighted by Crippen LogP contribution is -2.48. The first-order chi connectivity index (χ1) is 5.56. The fourth-order valence-corrected chi connectivity index (χ4v) is 1.72. The number of aliphatic hydroxyl groups is 1. The van der Waals surface area contributed by atoms with Crippen LogP contribution in [0.1, 0.15) is 39.5 Å². The van der Waals surface area contributed by atoms with E-state index in [1.165, 1.54) is 0 Å². The van der Waals surface area contributed by atoms with Crippen LogP contribution in [0.2, 0.25) is 0 Å². The Bertz CT molecular complexity index is 137. The van der Waals surface area contributed by atoms with Gasteiger partial charge in [0.15, 0.2) is 0 Å². The highest BCUT2D eigenvalue weighted by Crippen LogP contribution is 2.38. The third kappa shape index (κ3) is 2.46. The van der Waals surface area contributed by atoms with Crippen LogP contribution in [-0.4, -0.2) is 23.9 Å². The van der Waals surface area contributed by atoms with Crippen LogP contribution in [-0.2, 0) is 4.74 Å². The van der Waals surface area contributed by atoms with E-state index >= 15 is 0 Å². The smallest absolute Gasteiger partial charge is 0.0697 e. The normalized spacial score (nSPS) is 35.2. The van der Waals surface area contributed by atoms with E-state index in [0.717, 1.165) is 25.7 Å². The van der Waals surface area contributed by atoms with Gasteiger partial charge in [0.1, 0.15) is 0 Å². The van der Waals surface area contributed by atoms with Gasteiger partial charge < -0.3 is 9.84 Å². The van der Waals surface area contributed by atoms with Crippen molar-refractivity contribution in [3.05, 3.63) is 0 Å². The monoisotopic (exact) mass is 172 g/mol. The van der Waals surface area contributed by atoms with Gasteiger partial charge in [-0.1, -0.05) is 13.8 Å². The SMILES string of the molecule is COC1CC(O)(CCC(C)C)C1. The van der Waals surface area contributed by atoms with Crippen LogP contribution in [0.3, 0.4) is 0 Å². The number of hydrogen-bond donors (Lipinski definition) is 1. The van der Waals surface area contributed by atoms with Crippen molar-refractivity contribution < 1.29 is 9.84 Å². The van der Waals surface area contributed by atoms with Gasteiger partial charge in [0.2, 0.25) is 0 Å². The first-order valence-electron chi connectivity index (χ1n) is 4.81. The number of methoxy groups -OCH3 is 1. The van der Waals surface area contributed by atoms with Gasteiger partial charge in [-0.3, -0.25) is 0 Å². The third-order valence-corrected chi connectivity index (χ3v) is 2.74. The molecule has 0 aromatic rings. The van der Waals surface area contributed by atoms with Gasteiger partial charge in [-0.05, 0) is 18.8 Å². The Balaban J connectivity index is 2.16. The maximum Gasteiger partial charge on any atom is 0.0697 e. The highest BCUT2D eigenvalue weighted by Gasteiger charge is 2.42. The summed E-state index contributed by atoms with van der Waals surface area (Å²) in [6.07, 6.45) is 4.02. The van der Waals surface area contributed by atoms with Gasteiger partial charge in [0.25, 0.3) is 0 Å². The second kappa shape index (κ2) is 3.75. The van der Waals surface area contributed by atoms with Crippen molar-refractivity contribution >= 4 is 0 Å². The molecule has 0 atom stereocenters. The van der Waals surface area contributed by atoms with Crippen LogP contribution < -0.4 is 0 Å². The van der Waals surface area contributed by atoms with Crippen LogP contribution in [0.25, 0.3) is 0 Å². The predicted molar refractivity (Wildman–Crippen MR) is 49.1 cm³/mol. The lowest BCUT2D eigenvalue weighted by molar-refractivity contribution is -0.132. The van der Waals surface area contributed by atoms with Gasteiger partial charge in [-0.2, -0.15) is 0 Å². The Morgan fingerprint density at radius 3 is 2.50 bits per heavy atom. The molecule has 1 aliphatic rings. The molecular formula is C10H20O2. The summed E-state index contributed by atoms with van der Waals surface area (Å²) in [6, 6.07) is 0. The van der Waals surface area contributed by atoms with Gasteiger partial charge in [-0.15, -0.1) is 0 Å². The average molecular weight is 172 g/mol. The first kappa shape index (κ1) is 10.0. The molecule has 0 heterocycles. The lowest BCUT2D eigenvalue weighted by atomic mass is 9.74. The maximum atomic E-state index is 9.88. The number of hydrogen-bond acceptors (Lipinski definition) is 2. The highest BCUT2D eigenvalue weighted by molar-refractivity contribution is 4.94. The summed E-state index contributed by atoms with van der Waals surface area (Å²) in [5.74, 6) is 0.690. The molecule has 0 amide bonds. The van der Waals surface area contributed by atoms with E-state index < -0.39 is 5.60 Å². The third-order valence-electron chi connectivity index (χ3n) is 2.74. The second-order valence-electron chi connectivity index (χ2n) is 4.42. The predicted octanol–water partition coefficient (Wildman–Crippen LogP) is 1.96. The van der Waals surface area contributed by atoms with Crippen molar-refractivity contribution in [3.8, 4) is 0 Å². The minimum Gasteiger partial charge on any atom is -0.390 e. The first-order valence-corrected chi connectivity index (χ1v) is 4.81. The number of rotatable bonds is 4. The zero-order chi connectivity index (χ0) is 9.19. The molecule has 0 bridgehead atoms. The fraction of sp³-hybridized carbons (Fsp3) is 1.00. The van der Waals surface area contributed by atoms with Crippen molar-refractivity contribution in [1.82, 2.24) is 0 Å². The van der Waals surface area contributed by atoms with E-state index in [4.69, 9.17) is 4.74 Å². The van der Waals surface area contributed by atoms with Crippen LogP contribution in [0.4, 0.5) is 0 Å². The summed E-state index contributed by atoms with van der Waals surface area (Å²) in [7, 11) is 1.71. The Hall–Kier alpha value is -0.0800. The molecule has 2 nitrogen and oxygen atoms in total. The van der Waals surface area contributed by atoms with Crippen LogP contribution >= 0.6 is 0 Å². The van der Waals surface area contributed by atoms with E-state index in [1.807, 2.05) is 0 Å². The molecule has 1 fully saturated rings. The molecule has 0 aromatic carbocycles. The van der Waals surface area contributed by atoms with E-state index in [0.29, 0.717) is 12.0 Å². The zero-order valence-corrected chi connectivity index (χ0v) is 8.34. The van der Waals surface area contributed by atoms with E-state index in [9.17, 15) is 5.11 Å². The molecule has 12 heavy (non-hydrogen) atoms. The molecule has 0 unspecified atom stereocenters. The average Bonchev–Trinajstić information content (AvgIpc) is 1.95. The standard InChI is InChI=1S/C10H20O2/c1-8(2)4-5-10(11)6-9(7-10)12-3/h8-9,11H,4-7H2,1-3H3. The number of ether oxygens (including phenoxy) is 1. The minimum atomic E-state index is -0.398. The summed E-state index contributed by atoms with van der Waals surface area (Å²) < 4.78 is 5.13. The topological polar surface area (TPSA) is 29.5 Å². The Morgan fingerprint density at radius 1 is 1.50 bits per heavy atom. The fourth-order valence-electron chi connectivity index (χ4n) is 1.72. The molecule has 0 saturated heterocycles. The van der Waals surface area contributed by atoms with Gasteiger partial charge in [0, 0.05) is 20.0 Å². The molecule has 0 spiro atoms. The van der Waals surface area contributed by atoms with E-state index in [2.05, 4.69) is 13.8 Å². The Labute approximate surface area is 74.9 Å². The largest absolute Gasteiger partial charge is 0.390 e. The summed E-state index contributed by atoms with van der Waals surface area (Å²) in [5, 5.41) is 9.88. The van der Waals surface area contributed by atoms with E-state index in [-0.39, 0.29) is 0 Å². The van der Waals surface area contributed by atoms with E-state index in [1.54, 1.807) is 7.11 Å². The van der Waals surface area contributed by atoms with Gasteiger partial charge >= 0.3 is 0 Å². The molecule has 1 aliphatic carbocycles. The molecular weight excluding hydrogens is 152 g/mol. The minimum absolute atomic E-state index is 0.308. The molecule has 0 aliphatic heterocycles. The lowest BCUT2D eigenvalue weighted by Gasteiger charge is -2.43. The molecule has 2 heteroatoms. The summed E-state index contributed by atoms with van der Waals surface area (Å²) in [5.41, 5.74) is -0.398. The van der Waals surface area contributed by atoms with Crippen molar-refractivity contribution in [1.29, 1.82) is 0 Å². The molecule has 0 aromatic heterocycles. The van der Waals surface area contributed by atoms with Crippen LogP contribution in [0.5, 0.6) is 0 Å².